The van der Waals surface area contributed by atoms with Crippen LogP contribution in [0, 0.1) is 0 Å². The average molecular weight is 569 g/mol. The Kier molecular flexibility index (Phi) is 14.5. The molecule has 6 nitrogen and oxygen atoms in total. The predicted molar refractivity (Wildman–Crippen MR) is 173 cm³/mol. The number of anilines is 2. The second-order valence-electron chi connectivity index (χ2n) is 10.0. The fourth-order valence-corrected chi connectivity index (χ4v) is 4.23. The van der Waals surface area contributed by atoms with E-state index in [-0.39, 0.29) is 11.8 Å². The highest BCUT2D eigenvalue weighted by atomic mass is 16.5. The van der Waals surface area contributed by atoms with E-state index < -0.39 is 0 Å². The zero-order valence-electron chi connectivity index (χ0n) is 24.9. The maximum Gasteiger partial charge on any atom is 0.255 e. The van der Waals surface area contributed by atoms with Crippen LogP contribution in [0.3, 0.4) is 0 Å². The van der Waals surface area contributed by atoms with Crippen molar-refractivity contribution in [2.75, 3.05) is 23.8 Å². The number of amides is 2. The number of para-hydroxylation sites is 4. The average Bonchev–Trinajstić information content (AvgIpc) is 3.01. The number of hydrogen-bond donors (Lipinski definition) is 2. The molecule has 2 amide bonds. The smallest absolute Gasteiger partial charge is 0.255 e. The largest absolute Gasteiger partial charge is 0.487 e. The number of hydrogen-bond acceptors (Lipinski definition) is 4. The number of carbonyl (C=O) groups is 2. The van der Waals surface area contributed by atoms with Gasteiger partial charge in [0.25, 0.3) is 11.8 Å². The van der Waals surface area contributed by atoms with E-state index in [1.54, 1.807) is 24.3 Å². The van der Waals surface area contributed by atoms with Gasteiger partial charge in [-0.05, 0) is 74.2 Å². The van der Waals surface area contributed by atoms with Crippen molar-refractivity contribution in [3.05, 3.63) is 108 Å². The van der Waals surface area contributed by atoms with Crippen molar-refractivity contribution in [1.29, 1.82) is 0 Å². The van der Waals surface area contributed by atoms with Crippen LogP contribution in [-0.4, -0.2) is 25.0 Å². The van der Waals surface area contributed by atoms with Gasteiger partial charge in [-0.2, -0.15) is 0 Å². The van der Waals surface area contributed by atoms with Gasteiger partial charge >= 0.3 is 0 Å². The van der Waals surface area contributed by atoms with Gasteiger partial charge in [0.2, 0.25) is 0 Å². The third kappa shape index (κ3) is 11.3. The number of benzene rings is 3. The first-order valence-electron chi connectivity index (χ1n) is 15.1. The van der Waals surface area contributed by atoms with Crippen molar-refractivity contribution in [2.24, 2.45) is 0 Å². The molecule has 3 aromatic carbocycles. The summed E-state index contributed by atoms with van der Waals surface area (Å²) >= 11 is 0. The summed E-state index contributed by atoms with van der Waals surface area (Å²) in [6, 6.07) is 21.3. The van der Waals surface area contributed by atoms with Gasteiger partial charge in [0, 0.05) is 11.1 Å². The third-order valence-corrected chi connectivity index (χ3v) is 6.63. The molecular weight excluding hydrogens is 524 g/mol. The number of ether oxygens (including phenoxy) is 2. The van der Waals surface area contributed by atoms with Crippen LogP contribution in [0.15, 0.2) is 97.1 Å². The standard InChI is InChI=1S/C36H44N2O4/c1-3-5-7-9-11-17-27-41-33-21-15-13-19-31(33)37-35(39)29-23-25-30(26-24-29)36(40)38-32-20-14-16-22-34(32)42-28-18-12-10-8-6-4-2/h11-26H,3-10,27-28H2,1-2H3,(H,37,39)(H,38,40). The van der Waals surface area contributed by atoms with Crippen LogP contribution < -0.4 is 20.1 Å². The van der Waals surface area contributed by atoms with Crippen LogP contribution in [0.25, 0.3) is 0 Å². The van der Waals surface area contributed by atoms with E-state index in [4.69, 9.17) is 9.47 Å². The Morgan fingerprint density at radius 3 is 1.38 bits per heavy atom. The van der Waals surface area contributed by atoms with Crippen molar-refractivity contribution < 1.29 is 19.1 Å². The molecule has 0 heterocycles. The summed E-state index contributed by atoms with van der Waals surface area (Å²) in [5, 5.41) is 5.84. The Hall–Kier alpha value is -4.32. The molecular formula is C36H44N2O4. The van der Waals surface area contributed by atoms with Crippen molar-refractivity contribution in [3.8, 4) is 11.5 Å². The Bertz CT molecular complexity index is 1200. The lowest BCUT2D eigenvalue weighted by Crippen LogP contribution is -2.15. The second kappa shape index (κ2) is 18.9. The Morgan fingerprint density at radius 1 is 0.571 bits per heavy atom. The molecule has 0 fully saturated rings. The molecule has 0 radical (unpaired) electrons. The summed E-state index contributed by atoms with van der Waals surface area (Å²) in [7, 11) is 0. The molecule has 0 saturated heterocycles. The van der Waals surface area contributed by atoms with Gasteiger partial charge in [0.15, 0.2) is 0 Å². The lowest BCUT2D eigenvalue weighted by Gasteiger charge is -2.12. The quantitative estimate of drug-likeness (QED) is 0.118. The predicted octanol–water partition coefficient (Wildman–Crippen LogP) is 9.22. The number of nitrogens with one attached hydrogen (secondary N) is 2. The summed E-state index contributed by atoms with van der Waals surface area (Å²) in [6.07, 6.45) is 17.6. The van der Waals surface area contributed by atoms with Crippen molar-refractivity contribution in [3.63, 3.8) is 0 Å². The minimum Gasteiger partial charge on any atom is -0.487 e. The van der Waals surface area contributed by atoms with Gasteiger partial charge < -0.3 is 20.1 Å². The highest BCUT2D eigenvalue weighted by Crippen LogP contribution is 2.26. The lowest BCUT2D eigenvalue weighted by molar-refractivity contribution is 0.101. The highest BCUT2D eigenvalue weighted by molar-refractivity contribution is 6.07. The number of allylic oxidation sites excluding steroid dienone is 2. The monoisotopic (exact) mass is 568 g/mol. The summed E-state index contributed by atoms with van der Waals surface area (Å²) < 4.78 is 11.8. The van der Waals surface area contributed by atoms with E-state index >= 15 is 0 Å². The highest BCUT2D eigenvalue weighted by Gasteiger charge is 2.13. The van der Waals surface area contributed by atoms with Crippen LogP contribution in [-0.2, 0) is 0 Å². The van der Waals surface area contributed by atoms with E-state index in [0.717, 1.165) is 12.8 Å². The molecule has 3 rings (SSSR count). The number of carbonyl (C=O) groups excluding carboxylic acids is 2. The van der Waals surface area contributed by atoms with Crippen LogP contribution in [0.5, 0.6) is 11.5 Å². The minimum absolute atomic E-state index is 0.283. The van der Waals surface area contributed by atoms with E-state index in [2.05, 4.69) is 36.6 Å². The Labute approximate surface area is 250 Å². The van der Waals surface area contributed by atoms with Gasteiger partial charge in [-0.15, -0.1) is 0 Å². The minimum atomic E-state index is -0.283. The van der Waals surface area contributed by atoms with Gasteiger partial charge in [-0.1, -0.05) is 88.1 Å². The van der Waals surface area contributed by atoms with Crippen LogP contribution in [0.2, 0.25) is 0 Å². The summed E-state index contributed by atoms with van der Waals surface area (Å²) in [5.74, 6) is 0.644. The lowest BCUT2D eigenvalue weighted by atomic mass is 10.1. The van der Waals surface area contributed by atoms with E-state index in [1.807, 2.05) is 60.7 Å². The van der Waals surface area contributed by atoms with E-state index in [1.165, 1.54) is 38.5 Å². The molecule has 0 unspecified atom stereocenters. The molecule has 0 atom stereocenters. The molecule has 0 saturated carbocycles. The Balaban J connectivity index is 1.53. The molecule has 2 N–H and O–H groups in total. The second-order valence-corrected chi connectivity index (χ2v) is 10.0. The van der Waals surface area contributed by atoms with Crippen molar-refractivity contribution in [2.45, 2.75) is 65.2 Å². The fourth-order valence-electron chi connectivity index (χ4n) is 4.23. The van der Waals surface area contributed by atoms with Crippen molar-refractivity contribution in [1.82, 2.24) is 0 Å². The normalized spacial score (nSPS) is 11.1. The summed E-state index contributed by atoms with van der Waals surface area (Å²) in [6.45, 7) is 5.26. The zero-order valence-corrected chi connectivity index (χ0v) is 24.9. The molecule has 3 aromatic rings. The van der Waals surface area contributed by atoms with Gasteiger partial charge in [0.1, 0.15) is 24.7 Å². The first-order chi connectivity index (χ1) is 20.6. The van der Waals surface area contributed by atoms with Gasteiger partial charge in [-0.3, -0.25) is 9.59 Å². The number of unbranched alkanes of at least 4 members (excludes halogenated alkanes) is 6. The Morgan fingerprint density at radius 2 is 0.976 bits per heavy atom. The molecule has 6 heteroatoms. The number of rotatable bonds is 18. The maximum atomic E-state index is 13.0. The van der Waals surface area contributed by atoms with Gasteiger partial charge in [-0.25, -0.2) is 0 Å². The van der Waals surface area contributed by atoms with E-state index in [0.29, 0.717) is 47.2 Å². The maximum absolute atomic E-state index is 13.0. The molecule has 0 aliphatic rings. The SMILES string of the molecule is CCCCCC=CCOc1ccccc1NC(=O)c1ccc(C(=O)Nc2ccccc2OCC=CCCCCC)cc1. The molecule has 222 valence electrons. The van der Waals surface area contributed by atoms with Crippen LogP contribution in [0.1, 0.15) is 85.9 Å². The first kappa shape index (κ1) is 32.2. The topological polar surface area (TPSA) is 76.7 Å². The molecule has 0 spiro atoms. The first-order valence-corrected chi connectivity index (χ1v) is 15.1. The molecule has 0 aliphatic carbocycles. The molecule has 0 bridgehead atoms. The van der Waals surface area contributed by atoms with Crippen LogP contribution >= 0.6 is 0 Å². The fraction of sp³-hybridized carbons (Fsp3) is 0.333. The van der Waals surface area contributed by atoms with Gasteiger partial charge in [0.05, 0.1) is 11.4 Å². The van der Waals surface area contributed by atoms with Crippen LogP contribution in [0.4, 0.5) is 11.4 Å². The third-order valence-electron chi connectivity index (χ3n) is 6.63. The summed E-state index contributed by atoms with van der Waals surface area (Å²) in [5.41, 5.74) is 2.06. The molecule has 0 aliphatic heterocycles. The molecule has 42 heavy (non-hydrogen) atoms. The zero-order chi connectivity index (χ0) is 29.8. The van der Waals surface area contributed by atoms with E-state index in [9.17, 15) is 9.59 Å². The molecule has 0 aromatic heterocycles. The van der Waals surface area contributed by atoms with Crippen molar-refractivity contribution >= 4 is 23.2 Å². The summed E-state index contributed by atoms with van der Waals surface area (Å²) in [4.78, 5) is 25.9.